The fourth-order valence-corrected chi connectivity index (χ4v) is 5.81. The van der Waals surface area contributed by atoms with E-state index in [1.165, 1.54) is 4.68 Å². The molecule has 9 nitrogen and oxygen atoms in total. The lowest BCUT2D eigenvalue weighted by atomic mass is 10.1. The molecule has 2 N–H and O–H groups in total. The molecule has 210 valence electrons. The van der Waals surface area contributed by atoms with Crippen LogP contribution in [0.5, 0.6) is 0 Å². The molecule has 1 saturated heterocycles. The maximum Gasteiger partial charge on any atom is 0.321 e. The van der Waals surface area contributed by atoms with Crippen LogP contribution in [0.4, 0.5) is 10.5 Å². The number of aromatic amines is 1. The summed E-state index contributed by atoms with van der Waals surface area (Å²) in [7, 11) is 2.07. The number of hydrogen-bond acceptors (Lipinski definition) is 5. The Labute approximate surface area is 247 Å². The van der Waals surface area contributed by atoms with E-state index in [1.807, 2.05) is 43.0 Å². The third-order valence-electron chi connectivity index (χ3n) is 6.94. The topological polar surface area (TPSA) is 99.2 Å². The second kappa shape index (κ2) is 11.8. The van der Waals surface area contributed by atoms with Gasteiger partial charge in [0.25, 0.3) is 5.56 Å². The van der Waals surface area contributed by atoms with E-state index in [2.05, 4.69) is 27.3 Å². The molecule has 2 aromatic heterocycles. The predicted octanol–water partition coefficient (Wildman–Crippen LogP) is 5.95. The van der Waals surface area contributed by atoms with Gasteiger partial charge in [0.15, 0.2) is 5.65 Å². The van der Waals surface area contributed by atoms with Crippen molar-refractivity contribution in [3.05, 3.63) is 78.9 Å². The van der Waals surface area contributed by atoms with Gasteiger partial charge >= 0.3 is 6.03 Å². The average molecular weight is 603 g/mol. The van der Waals surface area contributed by atoms with Crippen LogP contribution in [0.2, 0.25) is 15.1 Å². The highest BCUT2D eigenvalue weighted by atomic mass is 35.5. The van der Waals surface area contributed by atoms with Crippen LogP contribution >= 0.6 is 34.8 Å². The molecule has 5 rings (SSSR count). The summed E-state index contributed by atoms with van der Waals surface area (Å²) in [5.41, 5.74) is 2.69. The van der Waals surface area contributed by atoms with Gasteiger partial charge in [0.2, 0.25) is 0 Å². The summed E-state index contributed by atoms with van der Waals surface area (Å²) in [4.78, 5) is 37.8. The Morgan fingerprint density at radius 2 is 1.75 bits per heavy atom. The number of halogens is 3. The minimum atomic E-state index is -0.289. The van der Waals surface area contributed by atoms with E-state index >= 15 is 0 Å². The molecule has 0 saturated carbocycles. The molecule has 0 atom stereocenters. The predicted molar refractivity (Wildman–Crippen MR) is 161 cm³/mol. The van der Waals surface area contributed by atoms with Crippen molar-refractivity contribution in [2.24, 2.45) is 0 Å². The molecular formula is C28H30Cl3N7O2. The van der Waals surface area contributed by atoms with Crippen molar-refractivity contribution in [3.63, 3.8) is 0 Å². The second-order valence-corrected chi connectivity index (χ2v) is 11.6. The maximum atomic E-state index is 13.3. The summed E-state index contributed by atoms with van der Waals surface area (Å²) in [6.45, 7) is 7.18. The molecule has 40 heavy (non-hydrogen) atoms. The van der Waals surface area contributed by atoms with Crippen molar-refractivity contribution in [3.8, 4) is 5.69 Å². The first kappa shape index (κ1) is 28.4. The quantitative estimate of drug-likeness (QED) is 0.294. The smallest absolute Gasteiger partial charge is 0.321 e. The van der Waals surface area contributed by atoms with Gasteiger partial charge in [-0.15, -0.1) is 0 Å². The highest BCUT2D eigenvalue weighted by molar-refractivity contribution is 6.40. The van der Waals surface area contributed by atoms with Crippen molar-refractivity contribution in [2.45, 2.75) is 32.6 Å². The number of rotatable bonds is 5. The number of benzene rings is 2. The third kappa shape index (κ3) is 5.98. The fraction of sp³-hybridized carbons (Fsp3) is 0.357. The minimum Gasteiger partial charge on any atom is -0.323 e. The number of aromatic nitrogens is 4. The van der Waals surface area contributed by atoms with Crippen molar-refractivity contribution >= 4 is 57.6 Å². The summed E-state index contributed by atoms with van der Waals surface area (Å²) in [6.07, 6.45) is 1.31. The van der Waals surface area contributed by atoms with E-state index in [9.17, 15) is 9.59 Å². The van der Waals surface area contributed by atoms with Crippen LogP contribution < -0.4 is 10.9 Å². The lowest BCUT2D eigenvalue weighted by molar-refractivity contribution is 0.213. The molecule has 2 amide bonds. The van der Waals surface area contributed by atoms with Crippen LogP contribution in [0.1, 0.15) is 43.3 Å². The van der Waals surface area contributed by atoms with Gasteiger partial charge in [-0.1, -0.05) is 60.8 Å². The Hall–Kier alpha value is -3.11. The zero-order chi connectivity index (χ0) is 28.6. The van der Waals surface area contributed by atoms with E-state index in [0.29, 0.717) is 62.0 Å². The number of H-pyrrole nitrogens is 1. The normalized spacial score (nSPS) is 14.6. The number of carbonyl (C=O) groups excluding carboxylic acids is 1. The van der Waals surface area contributed by atoms with Crippen LogP contribution in [0.15, 0.2) is 41.2 Å². The largest absolute Gasteiger partial charge is 0.323 e. The number of anilines is 1. The molecule has 0 radical (unpaired) electrons. The van der Waals surface area contributed by atoms with Gasteiger partial charge in [-0.05, 0) is 55.8 Å². The molecule has 1 aliphatic rings. The number of nitrogens with one attached hydrogen (secondary N) is 2. The Bertz CT molecular complexity index is 1590. The molecule has 2 aromatic carbocycles. The number of nitrogens with zero attached hydrogens (tertiary/aromatic N) is 5. The maximum absolute atomic E-state index is 13.3. The molecular weight excluding hydrogens is 573 g/mol. The van der Waals surface area contributed by atoms with Crippen LogP contribution in [-0.4, -0.2) is 68.8 Å². The number of carbonyl (C=O) groups is 1. The van der Waals surface area contributed by atoms with E-state index in [1.54, 1.807) is 12.1 Å². The van der Waals surface area contributed by atoms with Gasteiger partial charge in [0.1, 0.15) is 16.9 Å². The monoisotopic (exact) mass is 601 g/mol. The number of likely N-dealkylation sites (N-methyl/N-ethyl adjacent to an activating group) is 1. The minimum absolute atomic E-state index is 0.0414. The highest BCUT2D eigenvalue weighted by Crippen LogP contribution is 2.34. The van der Waals surface area contributed by atoms with Gasteiger partial charge in [-0.25, -0.2) is 14.5 Å². The van der Waals surface area contributed by atoms with Gasteiger partial charge in [0, 0.05) is 36.8 Å². The molecule has 1 aliphatic heterocycles. The Balaban J connectivity index is 1.42. The Morgan fingerprint density at radius 3 is 2.42 bits per heavy atom. The first-order valence-corrected chi connectivity index (χ1v) is 14.2. The molecule has 0 bridgehead atoms. The summed E-state index contributed by atoms with van der Waals surface area (Å²) in [6, 6.07) is 10.6. The standard InChI is InChI=1S/C28H30Cl3N7O2/c1-16(2)24-23-26(38(35-24)25-20(30)14-18(29)15-21(25)31)33-22(34-27(23)39)13-17-5-7-19(8-6-17)32-28(40)37-10-4-9-36(3)11-12-37/h5-8,14-16H,4,9-13H2,1-3H3,(H,32,40)(H,33,34,39). The Kier molecular flexibility index (Phi) is 8.37. The van der Waals surface area contributed by atoms with Crippen molar-refractivity contribution < 1.29 is 4.79 Å². The molecule has 0 aliphatic carbocycles. The molecule has 0 spiro atoms. The number of urea groups is 1. The van der Waals surface area contributed by atoms with Crippen LogP contribution in [-0.2, 0) is 6.42 Å². The zero-order valence-electron chi connectivity index (χ0n) is 22.5. The highest BCUT2D eigenvalue weighted by Gasteiger charge is 2.23. The van der Waals surface area contributed by atoms with Crippen molar-refractivity contribution in [1.29, 1.82) is 0 Å². The lowest BCUT2D eigenvalue weighted by Gasteiger charge is -2.21. The van der Waals surface area contributed by atoms with Gasteiger partial charge < -0.3 is 20.1 Å². The van der Waals surface area contributed by atoms with E-state index in [0.717, 1.165) is 31.6 Å². The third-order valence-corrected chi connectivity index (χ3v) is 7.73. The number of amides is 2. The Morgan fingerprint density at radius 1 is 1.05 bits per heavy atom. The first-order valence-electron chi connectivity index (χ1n) is 13.1. The summed E-state index contributed by atoms with van der Waals surface area (Å²) < 4.78 is 1.52. The SMILES string of the molecule is CC(C)c1nn(-c2c(Cl)cc(Cl)cc2Cl)c2nc(Cc3ccc(NC(=O)N4CCCN(C)CC4)cc3)[nH]c(=O)c12. The molecule has 4 aromatic rings. The fourth-order valence-electron chi connectivity index (χ4n) is 4.83. The van der Waals surface area contributed by atoms with E-state index in [-0.39, 0.29) is 17.5 Å². The number of fused-ring (bicyclic) bond motifs is 1. The first-order chi connectivity index (χ1) is 19.1. The lowest BCUT2D eigenvalue weighted by Crippen LogP contribution is -2.37. The van der Waals surface area contributed by atoms with E-state index in [4.69, 9.17) is 39.8 Å². The van der Waals surface area contributed by atoms with Crippen molar-refractivity contribution in [1.82, 2.24) is 29.5 Å². The van der Waals surface area contributed by atoms with Crippen LogP contribution in [0, 0.1) is 0 Å². The van der Waals surface area contributed by atoms with Gasteiger partial charge in [-0.2, -0.15) is 5.10 Å². The van der Waals surface area contributed by atoms with Crippen molar-refractivity contribution in [2.75, 3.05) is 38.5 Å². The number of hydrogen-bond donors (Lipinski definition) is 2. The van der Waals surface area contributed by atoms with Gasteiger partial charge in [0.05, 0.1) is 15.7 Å². The second-order valence-electron chi connectivity index (χ2n) is 10.3. The summed E-state index contributed by atoms with van der Waals surface area (Å²) >= 11 is 19.1. The summed E-state index contributed by atoms with van der Waals surface area (Å²) in [5.74, 6) is 0.418. The van der Waals surface area contributed by atoms with Crippen LogP contribution in [0.25, 0.3) is 16.7 Å². The van der Waals surface area contributed by atoms with E-state index < -0.39 is 0 Å². The van der Waals surface area contributed by atoms with Gasteiger partial charge in [-0.3, -0.25) is 4.79 Å². The van der Waals surface area contributed by atoms with Crippen LogP contribution in [0.3, 0.4) is 0 Å². The summed E-state index contributed by atoms with van der Waals surface area (Å²) in [5, 5.41) is 9.04. The molecule has 1 fully saturated rings. The molecule has 0 unspecified atom stereocenters. The zero-order valence-corrected chi connectivity index (χ0v) is 24.7. The molecule has 12 heteroatoms. The average Bonchev–Trinajstić information content (AvgIpc) is 3.12. The molecule has 3 heterocycles.